The van der Waals surface area contributed by atoms with Gasteiger partial charge in [0.05, 0.1) is 12.8 Å². The molecule has 15 heavy (non-hydrogen) atoms. The largest absolute Gasteiger partial charge is 0.468 e. The SMILES string of the molecule is COc1nc(-c2ccccc2C)c(C)[nH]1. The molecule has 0 aliphatic rings. The van der Waals surface area contributed by atoms with Crippen LogP contribution < -0.4 is 4.74 Å². The average molecular weight is 202 g/mol. The first-order chi connectivity index (χ1) is 7.22. The Hall–Kier alpha value is -1.77. The van der Waals surface area contributed by atoms with E-state index in [2.05, 4.69) is 29.0 Å². The van der Waals surface area contributed by atoms with E-state index < -0.39 is 0 Å². The van der Waals surface area contributed by atoms with Crippen LogP contribution in [0.4, 0.5) is 0 Å². The maximum absolute atomic E-state index is 5.07. The number of imidazole rings is 1. The minimum Gasteiger partial charge on any atom is -0.468 e. The van der Waals surface area contributed by atoms with Gasteiger partial charge in [-0.1, -0.05) is 24.3 Å². The van der Waals surface area contributed by atoms with Crippen LogP contribution in [0.1, 0.15) is 11.3 Å². The van der Waals surface area contributed by atoms with Crippen LogP contribution in [0.15, 0.2) is 24.3 Å². The number of rotatable bonds is 2. The van der Waals surface area contributed by atoms with Gasteiger partial charge in [-0.15, -0.1) is 0 Å². The molecule has 0 saturated heterocycles. The third kappa shape index (κ3) is 1.73. The Morgan fingerprint density at radius 2 is 1.93 bits per heavy atom. The Labute approximate surface area is 89.1 Å². The summed E-state index contributed by atoms with van der Waals surface area (Å²) in [5.41, 5.74) is 4.36. The number of ether oxygens (including phenoxy) is 1. The number of hydrogen-bond donors (Lipinski definition) is 1. The van der Waals surface area contributed by atoms with E-state index in [-0.39, 0.29) is 0 Å². The van der Waals surface area contributed by atoms with Crippen LogP contribution in [-0.2, 0) is 0 Å². The average Bonchev–Trinajstić information content (AvgIpc) is 2.60. The van der Waals surface area contributed by atoms with Crippen molar-refractivity contribution in [3.8, 4) is 17.3 Å². The number of H-pyrrole nitrogens is 1. The molecule has 1 aromatic carbocycles. The number of nitrogens with zero attached hydrogens (tertiary/aromatic N) is 1. The highest BCUT2D eigenvalue weighted by molar-refractivity contribution is 5.66. The topological polar surface area (TPSA) is 37.9 Å². The van der Waals surface area contributed by atoms with Gasteiger partial charge >= 0.3 is 0 Å². The van der Waals surface area contributed by atoms with Gasteiger partial charge in [-0.25, -0.2) is 0 Å². The lowest BCUT2D eigenvalue weighted by Gasteiger charge is -2.02. The van der Waals surface area contributed by atoms with Gasteiger partial charge in [0.2, 0.25) is 0 Å². The number of aromatic nitrogens is 2. The summed E-state index contributed by atoms with van der Waals surface area (Å²) in [4.78, 5) is 7.47. The first-order valence-corrected chi connectivity index (χ1v) is 4.89. The molecule has 1 N–H and O–H groups in total. The molecule has 2 rings (SSSR count). The van der Waals surface area contributed by atoms with Crippen LogP contribution in [-0.4, -0.2) is 17.1 Å². The van der Waals surface area contributed by atoms with Crippen LogP contribution in [0, 0.1) is 13.8 Å². The summed E-state index contributed by atoms with van der Waals surface area (Å²) in [6, 6.07) is 8.75. The molecule has 0 bridgehead atoms. The number of benzene rings is 1. The van der Waals surface area contributed by atoms with Crippen molar-refractivity contribution in [2.24, 2.45) is 0 Å². The quantitative estimate of drug-likeness (QED) is 0.813. The van der Waals surface area contributed by atoms with Crippen LogP contribution >= 0.6 is 0 Å². The molecule has 0 radical (unpaired) electrons. The standard InChI is InChI=1S/C12H14N2O/c1-8-6-4-5-7-10(8)11-9(2)13-12(14-11)15-3/h4-7H,1-3H3,(H,13,14). The molecule has 78 valence electrons. The molecule has 0 spiro atoms. The molecular formula is C12H14N2O. The fraction of sp³-hybridized carbons (Fsp3) is 0.250. The van der Waals surface area contributed by atoms with Crippen molar-refractivity contribution in [1.29, 1.82) is 0 Å². The van der Waals surface area contributed by atoms with Gasteiger partial charge in [0.1, 0.15) is 0 Å². The summed E-state index contributed by atoms with van der Waals surface area (Å²) >= 11 is 0. The highest BCUT2D eigenvalue weighted by atomic mass is 16.5. The minimum absolute atomic E-state index is 0.561. The van der Waals surface area contributed by atoms with E-state index in [0.29, 0.717) is 6.01 Å². The van der Waals surface area contributed by atoms with E-state index >= 15 is 0 Å². The summed E-state index contributed by atoms with van der Waals surface area (Å²) in [6.07, 6.45) is 0. The smallest absolute Gasteiger partial charge is 0.294 e. The normalized spacial score (nSPS) is 10.3. The van der Waals surface area contributed by atoms with Gasteiger partial charge in [-0.05, 0) is 19.4 Å². The van der Waals surface area contributed by atoms with Crippen molar-refractivity contribution in [2.75, 3.05) is 7.11 Å². The minimum atomic E-state index is 0.561. The van der Waals surface area contributed by atoms with Gasteiger partial charge in [0.25, 0.3) is 6.01 Å². The second-order valence-electron chi connectivity index (χ2n) is 3.53. The number of nitrogens with one attached hydrogen (secondary N) is 1. The predicted molar refractivity (Wildman–Crippen MR) is 60.0 cm³/mol. The number of aryl methyl sites for hydroxylation is 2. The summed E-state index contributed by atoms with van der Waals surface area (Å²) < 4.78 is 5.07. The van der Waals surface area contributed by atoms with E-state index in [1.54, 1.807) is 7.11 Å². The van der Waals surface area contributed by atoms with E-state index in [9.17, 15) is 0 Å². The molecule has 0 unspecified atom stereocenters. The van der Waals surface area contributed by atoms with Crippen LogP contribution in [0.3, 0.4) is 0 Å². The molecule has 1 aromatic heterocycles. The fourth-order valence-corrected chi connectivity index (χ4v) is 1.63. The lowest BCUT2D eigenvalue weighted by atomic mass is 10.1. The summed E-state index contributed by atoms with van der Waals surface area (Å²) in [6.45, 7) is 4.08. The maximum Gasteiger partial charge on any atom is 0.294 e. The monoisotopic (exact) mass is 202 g/mol. The zero-order valence-electron chi connectivity index (χ0n) is 9.16. The maximum atomic E-state index is 5.07. The molecule has 0 fully saturated rings. The second-order valence-corrected chi connectivity index (χ2v) is 3.53. The third-order valence-corrected chi connectivity index (χ3v) is 2.46. The molecule has 0 aliphatic heterocycles. The Morgan fingerprint density at radius 3 is 2.53 bits per heavy atom. The lowest BCUT2D eigenvalue weighted by molar-refractivity contribution is 0.384. The van der Waals surface area contributed by atoms with Crippen molar-refractivity contribution < 1.29 is 4.74 Å². The Balaban J connectivity index is 2.54. The highest BCUT2D eigenvalue weighted by Gasteiger charge is 2.10. The zero-order chi connectivity index (χ0) is 10.8. The van der Waals surface area contributed by atoms with Crippen LogP contribution in [0.25, 0.3) is 11.3 Å². The molecule has 1 heterocycles. The molecule has 0 saturated carbocycles. The van der Waals surface area contributed by atoms with Gasteiger partial charge in [-0.2, -0.15) is 4.98 Å². The fourth-order valence-electron chi connectivity index (χ4n) is 1.63. The molecule has 3 heteroatoms. The van der Waals surface area contributed by atoms with Crippen molar-refractivity contribution in [2.45, 2.75) is 13.8 Å². The number of aromatic amines is 1. The van der Waals surface area contributed by atoms with Crippen molar-refractivity contribution >= 4 is 0 Å². The van der Waals surface area contributed by atoms with Gasteiger partial charge in [0.15, 0.2) is 0 Å². The molecule has 0 amide bonds. The van der Waals surface area contributed by atoms with Crippen molar-refractivity contribution in [1.82, 2.24) is 9.97 Å². The Bertz CT molecular complexity index is 474. The molecule has 0 atom stereocenters. The third-order valence-electron chi connectivity index (χ3n) is 2.46. The Morgan fingerprint density at radius 1 is 1.20 bits per heavy atom. The van der Waals surface area contributed by atoms with E-state index in [1.807, 2.05) is 19.1 Å². The Kier molecular flexibility index (Phi) is 2.46. The zero-order valence-corrected chi connectivity index (χ0v) is 9.16. The van der Waals surface area contributed by atoms with Crippen LogP contribution in [0.2, 0.25) is 0 Å². The van der Waals surface area contributed by atoms with Crippen molar-refractivity contribution in [3.63, 3.8) is 0 Å². The second kappa shape index (κ2) is 3.77. The number of methoxy groups -OCH3 is 1. The number of hydrogen-bond acceptors (Lipinski definition) is 2. The summed E-state index contributed by atoms with van der Waals surface area (Å²) in [5.74, 6) is 0. The predicted octanol–water partition coefficient (Wildman–Crippen LogP) is 2.70. The lowest BCUT2D eigenvalue weighted by Crippen LogP contribution is -1.85. The van der Waals surface area contributed by atoms with E-state index in [4.69, 9.17) is 4.74 Å². The molecule has 0 aliphatic carbocycles. The van der Waals surface area contributed by atoms with Gasteiger partial charge < -0.3 is 9.72 Å². The summed E-state index contributed by atoms with van der Waals surface area (Å²) in [7, 11) is 1.61. The van der Waals surface area contributed by atoms with Gasteiger partial charge in [-0.3, -0.25) is 0 Å². The van der Waals surface area contributed by atoms with Gasteiger partial charge in [0, 0.05) is 11.3 Å². The van der Waals surface area contributed by atoms with E-state index in [1.165, 1.54) is 5.56 Å². The first kappa shape index (κ1) is 9.77. The first-order valence-electron chi connectivity index (χ1n) is 4.89. The molecular weight excluding hydrogens is 188 g/mol. The molecule has 2 aromatic rings. The highest BCUT2D eigenvalue weighted by Crippen LogP contribution is 2.26. The van der Waals surface area contributed by atoms with Crippen LogP contribution in [0.5, 0.6) is 6.01 Å². The van der Waals surface area contributed by atoms with E-state index in [0.717, 1.165) is 17.0 Å². The summed E-state index contributed by atoms with van der Waals surface area (Å²) in [5, 5.41) is 0. The van der Waals surface area contributed by atoms with Crippen molar-refractivity contribution in [3.05, 3.63) is 35.5 Å². The molecule has 3 nitrogen and oxygen atoms in total.